The van der Waals surface area contributed by atoms with Gasteiger partial charge in [0.2, 0.25) is 23.6 Å². The lowest BCUT2D eigenvalue weighted by molar-refractivity contribution is -0.168. The van der Waals surface area contributed by atoms with Gasteiger partial charge in [-0.05, 0) is 60.7 Å². The molecule has 6 rings (SSSR count). The highest BCUT2D eigenvalue weighted by Crippen LogP contribution is 2.66. The smallest absolute Gasteiger partial charge is 0.250 e. The van der Waals surface area contributed by atoms with Crippen LogP contribution < -0.4 is 21.3 Å². The Labute approximate surface area is 235 Å². The molecule has 222 valence electrons. The molecule has 7 atom stereocenters. The van der Waals surface area contributed by atoms with Crippen LogP contribution in [0.25, 0.3) is 0 Å². The van der Waals surface area contributed by atoms with Gasteiger partial charge in [-0.1, -0.05) is 34.6 Å². The molecule has 2 bridgehead atoms. The van der Waals surface area contributed by atoms with Crippen molar-refractivity contribution < 1.29 is 29.1 Å². The van der Waals surface area contributed by atoms with Gasteiger partial charge in [0.05, 0.1) is 6.04 Å². The van der Waals surface area contributed by atoms with Gasteiger partial charge >= 0.3 is 0 Å². The van der Waals surface area contributed by atoms with Crippen molar-refractivity contribution >= 4 is 29.5 Å². The number of nitrogens with one attached hydrogen (secondary N) is 4. The zero-order valence-corrected chi connectivity index (χ0v) is 24.5. The third-order valence-electron chi connectivity index (χ3n) is 10.6. The number of fused-ring (bicyclic) bond motifs is 1. The second-order valence-electron chi connectivity index (χ2n) is 14.6. The summed E-state index contributed by atoms with van der Waals surface area (Å²) < 4.78 is 0. The van der Waals surface area contributed by atoms with Crippen molar-refractivity contribution in [1.29, 1.82) is 0 Å². The summed E-state index contributed by atoms with van der Waals surface area (Å²) in [4.78, 5) is 67.5. The fourth-order valence-corrected chi connectivity index (χ4v) is 7.71. The van der Waals surface area contributed by atoms with Crippen molar-refractivity contribution in [3.05, 3.63) is 0 Å². The zero-order chi connectivity index (χ0) is 29.4. The number of hydrogen-bond donors (Lipinski definition) is 5. The van der Waals surface area contributed by atoms with Crippen molar-refractivity contribution in [3.63, 3.8) is 0 Å². The minimum absolute atomic E-state index is 0.0717. The van der Waals surface area contributed by atoms with E-state index >= 15 is 0 Å². The number of carbonyl (C=O) groups excluding carboxylic acids is 5. The van der Waals surface area contributed by atoms with Gasteiger partial charge in [-0.3, -0.25) is 24.0 Å². The van der Waals surface area contributed by atoms with E-state index in [-0.39, 0.29) is 46.8 Å². The lowest BCUT2D eigenvalue weighted by atomic mass is 9.44. The van der Waals surface area contributed by atoms with Crippen molar-refractivity contribution in [2.24, 2.45) is 39.9 Å². The summed E-state index contributed by atoms with van der Waals surface area (Å²) in [6.07, 6.45) is 1.74. The lowest BCUT2D eigenvalue weighted by Gasteiger charge is -2.60. The summed E-state index contributed by atoms with van der Waals surface area (Å²) in [6, 6.07) is -2.60. The molecule has 5 N–H and O–H groups in total. The molecule has 0 aromatic heterocycles. The van der Waals surface area contributed by atoms with Gasteiger partial charge in [0.1, 0.15) is 12.1 Å². The third-order valence-corrected chi connectivity index (χ3v) is 10.6. The Morgan fingerprint density at radius 3 is 2.27 bits per heavy atom. The minimum atomic E-state index is -1.55. The Morgan fingerprint density at radius 1 is 1.12 bits per heavy atom. The highest BCUT2D eigenvalue weighted by molar-refractivity contribution is 5.96. The van der Waals surface area contributed by atoms with E-state index in [1.165, 1.54) is 7.05 Å². The SMILES string of the molecule is CNC(=O)C(O)[C@H](C[C@@H]1CCNC1=O)NC(=O)[C@@H]1[C@@H]2[C@H](CN1C(=O)[C@@H](NC(=O)C13CC(C1)C3)C(C)(C)C)C2(C)C. The highest BCUT2D eigenvalue weighted by Gasteiger charge is 2.70. The number of aliphatic hydroxyl groups excluding tert-OH is 1. The Morgan fingerprint density at radius 2 is 1.77 bits per heavy atom. The molecule has 4 saturated carbocycles. The minimum Gasteiger partial charge on any atom is -0.381 e. The molecule has 0 aromatic carbocycles. The van der Waals surface area contributed by atoms with Gasteiger partial charge < -0.3 is 31.3 Å². The third kappa shape index (κ3) is 4.67. The topological polar surface area (TPSA) is 157 Å². The zero-order valence-electron chi connectivity index (χ0n) is 24.5. The van der Waals surface area contributed by atoms with Gasteiger partial charge in [0.25, 0.3) is 5.91 Å². The van der Waals surface area contributed by atoms with E-state index in [0.717, 1.165) is 19.3 Å². The first-order valence-electron chi connectivity index (χ1n) is 14.7. The fourth-order valence-electron chi connectivity index (χ4n) is 7.71. The summed E-state index contributed by atoms with van der Waals surface area (Å²) in [6.45, 7) is 10.8. The summed E-state index contributed by atoms with van der Waals surface area (Å²) in [5, 5.41) is 21.9. The maximum absolute atomic E-state index is 14.1. The van der Waals surface area contributed by atoms with E-state index in [1.54, 1.807) is 4.90 Å². The molecule has 2 aliphatic heterocycles. The number of hydrogen-bond acceptors (Lipinski definition) is 6. The predicted molar refractivity (Wildman–Crippen MR) is 145 cm³/mol. The molecule has 2 saturated heterocycles. The van der Waals surface area contributed by atoms with E-state index < -0.39 is 47.4 Å². The van der Waals surface area contributed by atoms with E-state index in [2.05, 4.69) is 35.1 Å². The average molecular weight is 560 g/mol. The lowest BCUT2D eigenvalue weighted by Crippen LogP contribution is -2.66. The summed E-state index contributed by atoms with van der Waals surface area (Å²) in [5.41, 5.74) is -1.06. The van der Waals surface area contributed by atoms with Crippen LogP contribution in [0.3, 0.4) is 0 Å². The number of nitrogens with zero attached hydrogens (tertiary/aromatic N) is 1. The maximum atomic E-state index is 14.1. The molecule has 11 heteroatoms. The quantitative estimate of drug-likeness (QED) is 0.266. The Hall–Kier alpha value is -2.69. The number of aliphatic hydroxyl groups is 1. The number of piperidine rings is 1. The van der Waals surface area contributed by atoms with Crippen LogP contribution in [0.2, 0.25) is 0 Å². The molecular weight excluding hydrogens is 514 g/mol. The molecule has 0 aromatic rings. The van der Waals surface area contributed by atoms with E-state index in [0.29, 0.717) is 25.4 Å². The number of carbonyl (C=O) groups is 5. The van der Waals surface area contributed by atoms with Gasteiger partial charge in [0, 0.05) is 31.5 Å². The van der Waals surface area contributed by atoms with Gasteiger partial charge in [-0.25, -0.2) is 0 Å². The first-order chi connectivity index (χ1) is 18.6. The van der Waals surface area contributed by atoms with Crippen LogP contribution in [0.1, 0.15) is 66.7 Å². The molecule has 5 amide bonds. The molecule has 40 heavy (non-hydrogen) atoms. The Bertz CT molecular complexity index is 1100. The predicted octanol–water partition coefficient (Wildman–Crippen LogP) is -0.0817. The number of rotatable bonds is 9. The Kier molecular flexibility index (Phi) is 6.99. The molecular formula is C29H45N5O6. The first kappa shape index (κ1) is 28.8. The summed E-state index contributed by atoms with van der Waals surface area (Å²) in [7, 11) is 1.40. The van der Waals surface area contributed by atoms with Crippen LogP contribution in [0.5, 0.6) is 0 Å². The van der Waals surface area contributed by atoms with Crippen LogP contribution in [0.15, 0.2) is 0 Å². The number of amides is 5. The molecule has 1 unspecified atom stereocenters. The molecule has 4 aliphatic carbocycles. The van der Waals surface area contributed by atoms with Crippen LogP contribution in [0, 0.1) is 39.9 Å². The maximum Gasteiger partial charge on any atom is 0.250 e. The second kappa shape index (κ2) is 9.70. The van der Waals surface area contributed by atoms with Crippen molar-refractivity contribution in [2.45, 2.75) is 91.0 Å². The summed E-state index contributed by atoms with van der Waals surface area (Å²) in [5.74, 6) is -1.39. The van der Waals surface area contributed by atoms with Crippen LogP contribution in [0.4, 0.5) is 0 Å². The molecule has 6 fully saturated rings. The Balaban J connectivity index is 1.36. The van der Waals surface area contributed by atoms with Crippen molar-refractivity contribution in [1.82, 2.24) is 26.2 Å². The monoisotopic (exact) mass is 559 g/mol. The number of likely N-dealkylation sites (tertiary alicyclic amines) is 1. The number of likely N-dealkylation sites (N-methyl/N-ethyl adjacent to an activating group) is 1. The largest absolute Gasteiger partial charge is 0.381 e. The first-order valence-corrected chi connectivity index (χ1v) is 14.7. The normalized spacial score (nSPS) is 35.2. The summed E-state index contributed by atoms with van der Waals surface area (Å²) >= 11 is 0. The standard InChI is InChI=1S/C29H45N5O6/c1-27(2,3)21(33-26(40)29-10-14(11-29)12-29)25(39)34-13-16-18(28(16,4)5)19(34)23(37)32-17(20(35)24(38)30-6)9-15-7-8-31-22(15)36/h14-21,35H,7-13H2,1-6H3,(H,30,38)(H,31,36)(H,32,37)(H,33,40)/t14?,15-,16-,17-,18-,19-,20?,21+,29?/m0/s1. The molecule has 0 radical (unpaired) electrons. The average Bonchev–Trinajstić information content (AvgIpc) is 3.17. The molecule has 11 nitrogen and oxygen atoms in total. The van der Waals surface area contributed by atoms with Crippen LogP contribution in [-0.2, 0) is 24.0 Å². The van der Waals surface area contributed by atoms with E-state index in [1.807, 2.05) is 20.8 Å². The molecule has 0 spiro atoms. The van der Waals surface area contributed by atoms with E-state index in [4.69, 9.17) is 0 Å². The van der Waals surface area contributed by atoms with Crippen LogP contribution in [-0.4, -0.2) is 83.9 Å². The fraction of sp³-hybridized carbons (Fsp3) is 0.828. The second-order valence-corrected chi connectivity index (χ2v) is 14.6. The van der Waals surface area contributed by atoms with Crippen molar-refractivity contribution in [3.8, 4) is 0 Å². The van der Waals surface area contributed by atoms with E-state index in [9.17, 15) is 29.1 Å². The van der Waals surface area contributed by atoms with Gasteiger partial charge in [-0.2, -0.15) is 0 Å². The highest BCUT2D eigenvalue weighted by atomic mass is 16.3. The van der Waals surface area contributed by atoms with Crippen LogP contribution >= 0.6 is 0 Å². The molecule has 6 aliphatic rings. The van der Waals surface area contributed by atoms with Gasteiger partial charge in [-0.15, -0.1) is 0 Å². The molecule has 2 heterocycles. The van der Waals surface area contributed by atoms with Gasteiger partial charge in [0.15, 0.2) is 6.10 Å². The van der Waals surface area contributed by atoms with Crippen molar-refractivity contribution in [2.75, 3.05) is 20.1 Å².